The first-order valence-corrected chi connectivity index (χ1v) is 14.0. The molecule has 16 nitrogen and oxygen atoms in total. The Hall–Kier alpha value is -3.71. The minimum absolute atomic E-state index is 0.0302. The fourth-order valence-corrected chi connectivity index (χ4v) is 7.24. The van der Waals surface area contributed by atoms with Crippen molar-refractivity contribution < 1.29 is 38.9 Å². The van der Waals surface area contributed by atoms with E-state index in [-0.39, 0.29) is 21.9 Å². The van der Waals surface area contributed by atoms with Crippen LogP contribution in [0.4, 0.5) is 5.13 Å². The molecule has 2 amide bonds. The number of rotatable bonds is 9. The second-order valence-corrected chi connectivity index (χ2v) is 12.4. The van der Waals surface area contributed by atoms with Gasteiger partial charge in [-0.15, -0.1) is 23.5 Å². The van der Waals surface area contributed by atoms with Crippen LogP contribution in [0.3, 0.4) is 0 Å². The number of carboxylic acids is 2. The molecule has 2 aromatic heterocycles. The highest BCUT2D eigenvalue weighted by atomic mass is 32.2. The van der Waals surface area contributed by atoms with Gasteiger partial charge in [0.25, 0.3) is 11.8 Å². The van der Waals surface area contributed by atoms with Gasteiger partial charge in [0.2, 0.25) is 23.5 Å². The molecule has 0 radical (unpaired) electrons. The number of oxime groups is 1. The molecule has 5 rings (SSSR count). The van der Waals surface area contributed by atoms with Crippen LogP contribution in [0.25, 0.3) is 0 Å². The molecule has 5 heterocycles. The normalized spacial score (nSPS) is 22.7. The van der Waals surface area contributed by atoms with Crippen molar-refractivity contribution in [3.05, 3.63) is 29.1 Å². The van der Waals surface area contributed by atoms with Gasteiger partial charge in [-0.1, -0.05) is 5.16 Å². The molecule has 19 heteroatoms. The Balaban J connectivity index is 1.32. The molecular formula is C20H22N9O7S3+. The lowest BCUT2D eigenvalue weighted by Crippen LogP contribution is -2.71. The van der Waals surface area contributed by atoms with Crippen molar-refractivity contribution in [3.63, 3.8) is 0 Å². The van der Waals surface area contributed by atoms with Gasteiger partial charge in [0.1, 0.15) is 23.7 Å². The van der Waals surface area contributed by atoms with Crippen molar-refractivity contribution in [3.8, 4) is 0 Å². The Bertz CT molecular complexity index is 1410. The number of aliphatic carboxylic acids is 2. The van der Waals surface area contributed by atoms with Crippen LogP contribution in [0.1, 0.15) is 19.7 Å². The summed E-state index contributed by atoms with van der Waals surface area (Å²) >= 11 is 3.52. The van der Waals surface area contributed by atoms with E-state index in [0.29, 0.717) is 23.7 Å². The lowest BCUT2D eigenvalue weighted by Gasteiger charge is -2.49. The molecule has 0 unspecified atom stereocenters. The Morgan fingerprint density at radius 3 is 2.77 bits per heavy atom. The number of hydrogen-bond acceptors (Lipinski definition) is 13. The maximum Gasteiger partial charge on any atom is 0.353 e. The number of carbonyl (C=O) groups excluding carboxylic acids is 2. The monoisotopic (exact) mass is 596 g/mol. The summed E-state index contributed by atoms with van der Waals surface area (Å²) in [4.78, 5) is 64.6. The van der Waals surface area contributed by atoms with Gasteiger partial charge in [-0.05, 0) is 18.8 Å². The van der Waals surface area contributed by atoms with Gasteiger partial charge in [-0.3, -0.25) is 14.5 Å². The van der Waals surface area contributed by atoms with E-state index >= 15 is 0 Å². The predicted molar refractivity (Wildman–Crippen MR) is 137 cm³/mol. The van der Waals surface area contributed by atoms with Crippen molar-refractivity contribution in [2.24, 2.45) is 5.16 Å². The number of aromatic nitrogens is 5. The minimum Gasteiger partial charge on any atom is -0.478 e. The summed E-state index contributed by atoms with van der Waals surface area (Å²) in [6.45, 7) is 3.77. The van der Waals surface area contributed by atoms with E-state index in [4.69, 9.17) is 10.6 Å². The van der Waals surface area contributed by atoms with Crippen LogP contribution in [0.2, 0.25) is 0 Å². The highest BCUT2D eigenvalue weighted by Crippen LogP contribution is 2.44. The van der Waals surface area contributed by atoms with E-state index in [0.717, 1.165) is 11.5 Å². The van der Waals surface area contributed by atoms with Crippen LogP contribution in [0.15, 0.2) is 28.4 Å². The van der Waals surface area contributed by atoms with Crippen molar-refractivity contribution in [2.75, 3.05) is 11.5 Å². The number of nitrogens with one attached hydrogen (secondary N) is 1. The average molecular weight is 597 g/mol. The zero-order valence-electron chi connectivity index (χ0n) is 20.4. The van der Waals surface area contributed by atoms with E-state index < -0.39 is 46.5 Å². The number of nitrogens with zero attached hydrogens (tertiary/aromatic N) is 7. The molecule has 206 valence electrons. The first-order valence-electron chi connectivity index (χ1n) is 11.3. The number of hydrogen-bond donors (Lipinski definition) is 4. The van der Waals surface area contributed by atoms with E-state index in [1.807, 2.05) is 9.36 Å². The summed E-state index contributed by atoms with van der Waals surface area (Å²) in [5, 5.41) is 24.9. The molecular weight excluding hydrogens is 574 g/mol. The summed E-state index contributed by atoms with van der Waals surface area (Å²) in [7, 11) is 0. The Kier molecular flexibility index (Phi) is 6.97. The highest BCUT2D eigenvalue weighted by molar-refractivity contribution is 8.06. The molecule has 1 fully saturated rings. The number of carboxylic acid groups (broad SMARTS) is 2. The number of nitrogens with two attached hydrogens (primary N) is 1. The molecule has 2 atom stereocenters. The van der Waals surface area contributed by atoms with Crippen LogP contribution in [0.5, 0.6) is 0 Å². The molecule has 0 aromatic carbocycles. The summed E-state index contributed by atoms with van der Waals surface area (Å²) in [6.07, 6.45) is 3.40. The number of fused-ring (bicyclic) bond motifs is 2. The van der Waals surface area contributed by atoms with Gasteiger partial charge in [0, 0.05) is 22.2 Å². The summed E-state index contributed by atoms with van der Waals surface area (Å²) in [5.41, 5.74) is 3.26. The molecule has 0 bridgehead atoms. The quantitative estimate of drug-likeness (QED) is 0.115. The Morgan fingerprint density at radius 2 is 2.13 bits per heavy atom. The van der Waals surface area contributed by atoms with Gasteiger partial charge < -0.3 is 26.1 Å². The maximum atomic E-state index is 13.1. The third kappa shape index (κ3) is 5.03. The average Bonchev–Trinajstić information content (AvgIpc) is 3.59. The molecule has 0 saturated carbocycles. The first-order chi connectivity index (χ1) is 18.5. The summed E-state index contributed by atoms with van der Waals surface area (Å²) in [5.74, 6) is -3.96. The zero-order chi connectivity index (χ0) is 28.1. The van der Waals surface area contributed by atoms with Crippen LogP contribution >= 0.6 is 35.1 Å². The van der Waals surface area contributed by atoms with Gasteiger partial charge in [-0.25, -0.2) is 9.59 Å². The Labute approximate surface area is 232 Å². The number of amides is 2. The van der Waals surface area contributed by atoms with Crippen LogP contribution < -0.4 is 15.7 Å². The third-order valence-electron chi connectivity index (χ3n) is 5.99. The topological polar surface area (TPSA) is 219 Å². The van der Waals surface area contributed by atoms with Crippen LogP contribution in [0, 0.1) is 0 Å². The lowest BCUT2D eigenvalue weighted by molar-refractivity contribution is -0.758. The van der Waals surface area contributed by atoms with E-state index in [9.17, 15) is 29.4 Å². The number of anilines is 1. The Morgan fingerprint density at radius 1 is 1.36 bits per heavy atom. The third-order valence-corrected chi connectivity index (χ3v) is 9.25. The van der Waals surface area contributed by atoms with Crippen LogP contribution in [-0.4, -0.2) is 91.6 Å². The molecule has 0 spiro atoms. The van der Waals surface area contributed by atoms with Crippen molar-refractivity contribution in [2.45, 2.75) is 49.2 Å². The molecule has 39 heavy (non-hydrogen) atoms. The molecule has 0 aliphatic carbocycles. The van der Waals surface area contributed by atoms with E-state index in [2.05, 4.69) is 24.8 Å². The molecule has 5 N–H and O–H groups in total. The van der Waals surface area contributed by atoms with E-state index in [1.54, 1.807) is 12.7 Å². The fraction of sp³-hybridized carbons (Fsp3) is 0.450. The SMILES string of the molecule is CC(C)(O/N=C(\C(=O)N[C@@H]1C(=O)N2C(C(=O)O)=C(SC3Cn4cnc[n+]4C3)CS[C@H]12)c1nsc(N)n1)C(=O)O. The lowest BCUT2D eigenvalue weighted by atomic mass is 10.0. The molecule has 1 saturated heterocycles. The maximum absolute atomic E-state index is 13.1. The van der Waals surface area contributed by atoms with Gasteiger partial charge in [0.15, 0.2) is 5.13 Å². The first kappa shape index (κ1) is 26.9. The zero-order valence-corrected chi connectivity index (χ0v) is 22.8. The number of β-lactam (4-membered cyclic amide) rings is 1. The smallest absolute Gasteiger partial charge is 0.353 e. The standard InChI is InChI=1S/C20H21N9O7S3/c1-20(2,18(34)35)36-25-10(13-24-19(21)39-26-13)14(30)23-11-15(31)29-12(17(32)33)9(5-37-16(11)29)38-8-3-27-6-22-7-28(27)4-8/h6-8,11,16H,3-5H2,1-2H3,(H4-,21,23,24,26,30,32,33,34,35)/p+1/b25-10-/t11-,16-/m1/s1. The summed E-state index contributed by atoms with van der Waals surface area (Å²) < 4.78 is 7.80. The van der Waals surface area contributed by atoms with Gasteiger partial charge >= 0.3 is 18.3 Å². The van der Waals surface area contributed by atoms with Gasteiger partial charge in [0.05, 0.1) is 11.8 Å². The second kappa shape index (κ2) is 10.1. The van der Waals surface area contributed by atoms with Crippen LogP contribution in [-0.2, 0) is 37.1 Å². The van der Waals surface area contributed by atoms with Gasteiger partial charge in [-0.2, -0.15) is 18.7 Å². The van der Waals surface area contributed by atoms with Crippen molar-refractivity contribution >= 4 is 69.7 Å². The number of nitrogen functional groups attached to an aromatic ring is 1. The minimum atomic E-state index is -1.78. The van der Waals surface area contributed by atoms with Crippen molar-refractivity contribution in [1.82, 2.24) is 29.2 Å². The molecule has 3 aliphatic heterocycles. The fourth-order valence-electron chi connectivity index (χ4n) is 3.98. The second-order valence-electron chi connectivity index (χ2n) is 9.10. The predicted octanol–water partition coefficient (Wildman–Crippen LogP) is -1.30. The largest absolute Gasteiger partial charge is 0.478 e. The number of thioether (sulfide) groups is 2. The molecule has 2 aromatic rings. The highest BCUT2D eigenvalue weighted by Gasteiger charge is 2.55. The van der Waals surface area contributed by atoms with Crippen molar-refractivity contribution in [1.29, 1.82) is 0 Å². The molecule has 3 aliphatic rings. The number of carbonyl (C=O) groups is 4. The van der Waals surface area contributed by atoms with E-state index in [1.165, 1.54) is 42.3 Å². The summed E-state index contributed by atoms with van der Waals surface area (Å²) in [6, 6.07) is -1.06.